The zero-order valence-corrected chi connectivity index (χ0v) is 12.9. The summed E-state index contributed by atoms with van der Waals surface area (Å²) in [6, 6.07) is 8.31. The van der Waals surface area contributed by atoms with E-state index in [1.54, 1.807) is 4.68 Å². The molecule has 0 radical (unpaired) electrons. The van der Waals surface area contributed by atoms with Crippen molar-refractivity contribution in [3.8, 4) is 0 Å². The monoisotopic (exact) mass is 313 g/mol. The Balaban J connectivity index is 1.75. The molecule has 1 saturated carbocycles. The number of hydrogen-bond donors (Lipinski definition) is 2. The summed E-state index contributed by atoms with van der Waals surface area (Å²) in [6.45, 7) is 0. The Morgan fingerprint density at radius 3 is 2.65 bits per heavy atom. The molecule has 120 valence electrons. The van der Waals surface area contributed by atoms with Crippen molar-refractivity contribution in [1.82, 2.24) is 15.1 Å². The molecule has 1 atom stereocenters. The fourth-order valence-electron chi connectivity index (χ4n) is 2.75. The Kier molecular flexibility index (Phi) is 4.14. The zero-order valence-electron chi connectivity index (χ0n) is 12.9. The van der Waals surface area contributed by atoms with Crippen molar-refractivity contribution in [3.05, 3.63) is 53.3 Å². The molecule has 0 bridgehead atoms. The fraction of sp³-hybridized carbons (Fsp3) is 0.353. The highest BCUT2D eigenvalue weighted by atomic mass is 16.4. The van der Waals surface area contributed by atoms with Gasteiger partial charge in [0.05, 0.1) is 17.5 Å². The number of aliphatic carboxylic acids is 1. The number of hydrogen-bond acceptors (Lipinski definition) is 3. The van der Waals surface area contributed by atoms with Gasteiger partial charge in [-0.1, -0.05) is 30.3 Å². The van der Waals surface area contributed by atoms with Gasteiger partial charge in [0, 0.05) is 19.4 Å². The third kappa shape index (κ3) is 3.41. The Bertz CT molecular complexity index is 720. The summed E-state index contributed by atoms with van der Waals surface area (Å²) in [6.07, 6.45) is 3.86. The van der Waals surface area contributed by atoms with Crippen LogP contribution in [-0.4, -0.2) is 32.8 Å². The fourth-order valence-corrected chi connectivity index (χ4v) is 2.75. The number of rotatable bonds is 6. The van der Waals surface area contributed by atoms with E-state index < -0.39 is 12.0 Å². The predicted octanol–water partition coefficient (Wildman–Crippen LogP) is 1.72. The Morgan fingerprint density at radius 1 is 1.35 bits per heavy atom. The van der Waals surface area contributed by atoms with E-state index >= 15 is 0 Å². The smallest absolute Gasteiger partial charge is 0.326 e. The Hall–Kier alpha value is -2.63. The van der Waals surface area contributed by atoms with Crippen molar-refractivity contribution in [2.75, 3.05) is 0 Å². The number of nitrogens with zero attached hydrogens (tertiary/aromatic N) is 2. The number of carbonyl (C=O) groups excluding carboxylic acids is 1. The molecule has 1 aromatic heterocycles. The van der Waals surface area contributed by atoms with Crippen molar-refractivity contribution < 1.29 is 14.7 Å². The van der Waals surface area contributed by atoms with Gasteiger partial charge in [-0.25, -0.2) is 4.79 Å². The molecule has 1 heterocycles. The molecule has 23 heavy (non-hydrogen) atoms. The first-order chi connectivity index (χ1) is 11.1. The predicted molar refractivity (Wildman–Crippen MR) is 84.2 cm³/mol. The van der Waals surface area contributed by atoms with E-state index in [0.29, 0.717) is 11.5 Å². The summed E-state index contributed by atoms with van der Waals surface area (Å²) in [5, 5.41) is 16.2. The molecule has 1 aromatic carbocycles. The van der Waals surface area contributed by atoms with Crippen LogP contribution in [0.3, 0.4) is 0 Å². The summed E-state index contributed by atoms with van der Waals surface area (Å²) < 4.78 is 1.71. The van der Waals surface area contributed by atoms with Crippen LogP contribution in [0, 0.1) is 0 Å². The van der Waals surface area contributed by atoms with Crippen molar-refractivity contribution >= 4 is 11.9 Å². The van der Waals surface area contributed by atoms with Crippen LogP contribution >= 0.6 is 0 Å². The maximum atomic E-state index is 12.5. The molecular weight excluding hydrogens is 294 g/mol. The van der Waals surface area contributed by atoms with E-state index in [2.05, 4.69) is 10.4 Å². The molecule has 0 aliphatic heterocycles. The van der Waals surface area contributed by atoms with Crippen LogP contribution in [0.1, 0.15) is 40.4 Å². The highest BCUT2D eigenvalue weighted by Gasteiger charge is 2.32. The SMILES string of the molecule is Cn1ncc(C(=O)NC(Cc2ccccc2)C(=O)O)c1C1CC1. The minimum Gasteiger partial charge on any atom is -0.480 e. The van der Waals surface area contributed by atoms with Crippen LogP contribution in [-0.2, 0) is 18.3 Å². The number of amides is 1. The van der Waals surface area contributed by atoms with Gasteiger partial charge in [0.25, 0.3) is 5.91 Å². The van der Waals surface area contributed by atoms with E-state index in [4.69, 9.17) is 0 Å². The zero-order chi connectivity index (χ0) is 16.4. The summed E-state index contributed by atoms with van der Waals surface area (Å²) >= 11 is 0. The molecule has 6 heteroatoms. The van der Waals surface area contributed by atoms with E-state index in [1.807, 2.05) is 37.4 Å². The third-order valence-corrected chi connectivity index (χ3v) is 4.08. The van der Waals surface area contributed by atoms with Crippen molar-refractivity contribution in [1.29, 1.82) is 0 Å². The van der Waals surface area contributed by atoms with E-state index in [-0.39, 0.29) is 12.3 Å². The van der Waals surface area contributed by atoms with E-state index in [0.717, 1.165) is 24.1 Å². The van der Waals surface area contributed by atoms with Crippen LogP contribution in [0.25, 0.3) is 0 Å². The molecule has 1 aliphatic carbocycles. The van der Waals surface area contributed by atoms with Crippen molar-refractivity contribution in [2.45, 2.75) is 31.2 Å². The average Bonchev–Trinajstić information content (AvgIpc) is 3.29. The lowest BCUT2D eigenvalue weighted by atomic mass is 10.1. The number of aryl methyl sites for hydroxylation is 1. The van der Waals surface area contributed by atoms with Crippen molar-refractivity contribution in [3.63, 3.8) is 0 Å². The van der Waals surface area contributed by atoms with Gasteiger partial charge in [-0.3, -0.25) is 9.48 Å². The molecule has 6 nitrogen and oxygen atoms in total. The highest BCUT2D eigenvalue weighted by Crippen LogP contribution is 2.41. The second kappa shape index (κ2) is 6.24. The van der Waals surface area contributed by atoms with Crippen molar-refractivity contribution in [2.24, 2.45) is 7.05 Å². The number of aromatic nitrogens is 2. The molecule has 2 N–H and O–H groups in total. The van der Waals surface area contributed by atoms with Gasteiger partial charge in [-0.05, 0) is 18.4 Å². The molecule has 1 aliphatic rings. The van der Waals surface area contributed by atoms with E-state index in [1.165, 1.54) is 6.20 Å². The first kappa shape index (κ1) is 15.3. The molecule has 2 aromatic rings. The lowest BCUT2D eigenvalue weighted by Crippen LogP contribution is -2.42. The maximum Gasteiger partial charge on any atom is 0.326 e. The van der Waals surface area contributed by atoms with Crippen LogP contribution in [0.4, 0.5) is 0 Å². The van der Waals surface area contributed by atoms with Gasteiger partial charge in [0.15, 0.2) is 0 Å². The van der Waals surface area contributed by atoms with Gasteiger partial charge in [0.1, 0.15) is 6.04 Å². The lowest BCUT2D eigenvalue weighted by Gasteiger charge is -2.15. The Labute approximate surface area is 134 Å². The van der Waals surface area contributed by atoms with Crippen LogP contribution in [0.5, 0.6) is 0 Å². The van der Waals surface area contributed by atoms with Crippen LogP contribution in [0.15, 0.2) is 36.5 Å². The van der Waals surface area contributed by atoms with Gasteiger partial charge in [-0.2, -0.15) is 5.10 Å². The quantitative estimate of drug-likeness (QED) is 0.850. The largest absolute Gasteiger partial charge is 0.480 e. The van der Waals surface area contributed by atoms with E-state index in [9.17, 15) is 14.7 Å². The van der Waals surface area contributed by atoms with Gasteiger partial charge >= 0.3 is 5.97 Å². The summed E-state index contributed by atoms with van der Waals surface area (Å²) in [5.41, 5.74) is 2.24. The number of carbonyl (C=O) groups is 2. The minimum atomic E-state index is -1.04. The molecule has 3 rings (SSSR count). The van der Waals surface area contributed by atoms with Gasteiger partial charge < -0.3 is 10.4 Å². The van der Waals surface area contributed by atoms with Gasteiger partial charge in [-0.15, -0.1) is 0 Å². The number of carboxylic acid groups (broad SMARTS) is 1. The molecule has 0 spiro atoms. The minimum absolute atomic E-state index is 0.251. The normalized spacial score (nSPS) is 15.2. The third-order valence-electron chi connectivity index (χ3n) is 4.08. The highest BCUT2D eigenvalue weighted by molar-refractivity contribution is 5.97. The van der Waals surface area contributed by atoms with Crippen LogP contribution < -0.4 is 5.32 Å². The molecule has 1 fully saturated rings. The topological polar surface area (TPSA) is 84.2 Å². The maximum absolute atomic E-state index is 12.5. The average molecular weight is 313 g/mol. The summed E-state index contributed by atoms with van der Waals surface area (Å²) in [4.78, 5) is 24.0. The second-order valence-corrected chi connectivity index (χ2v) is 5.90. The summed E-state index contributed by atoms with van der Waals surface area (Å²) in [7, 11) is 1.81. The molecule has 0 saturated heterocycles. The summed E-state index contributed by atoms with van der Waals surface area (Å²) in [5.74, 6) is -1.05. The molecule has 1 unspecified atom stereocenters. The molecule has 1 amide bonds. The number of nitrogens with one attached hydrogen (secondary N) is 1. The first-order valence-electron chi connectivity index (χ1n) is 7.65. The number of carboxylic acids is 1. The molecular formula is C17H19N3O3. The first-order valence-corrected chi connectivity index (χ1v) is 7.65. The standard InChI is InChI=1S/C17H19N3O3/c1-20-15(12-7-8-12)13(10-18-20)16(21)19-14(17(22)23)9-11-5-3-2-4-6-11/h2-6,10,12,14H,7-9H2,1H3,(H,19,21)(H,22,23). The van der Waals surface area contributed by atoms with Crippen LogP contribution in [0.2, 0.25) is 0 Å². The lowest BCUT2D eigenvalue weighted by molar-refractivity contribution is -0.139. The van der Waals surface area contributed by atoms with Gasteiger partial charge in [0.2, 0.25) is 0 Å². The number of benzene rings is 1. The Morgan fingerprint density at radius 2 is 2.04 bits per heavy atom. The second-order valence-electron chi connectivity index (χ2n) is 5.90.